The van der Waals surface area contributed by atoms with Gasteiger partial charge in [-0.2, -0.15) is 0 Å². The first-order valence-corrected chi connectivity index (χ1v) is 7.97. The second-order valence-electron chi connectivity index (χ2n) is 6.46. The van der Waals surface area contributed by atoms with Crippen molar-refractivity contribution in [3.8, 4) is 0 Å². The number of rotatable bonds is 3. The molecule has 0 atom stereocenters. The summed E-state index contributed by atoms with van der Waals surface area (Å²) in [5.74, 6) is -24.6. The fourth-order valence-electron chi connectivity index (χ4n) is 3.48. The second kappa shape index (κ2) is 6.92. The van der Waals surface area contributed by atoms with Crippen LogP contribution in [0.1, 0.15) is 6.42 Å². The average Bonchev–Trinajstić information content (AvgIpc) is 3.23. The first kappa shape index (κ1) is 20.9. The summed E-state index contributed by atoms with van der Waals surface area (Å²) in [4.78, 5) is 0. The monoisotopic (exact) mass is 427 g/mol. The zero-order valence-electron chi connectivity index (χ0n) is 14.2. The topological polar surface area (TPSA) is 3.01 Å². The predicted octanol–water partition coefficient (Wildman–Crippen LogP) is 3.77. The normalized spacial score (nSPS) is 14.0. The van der Waals surface area contributed by atoms with Crippen molar-refractivity contribution in [3.63, 3.8) is 0 Å². The lowest BCUT2D eigenvalue weighted by Gasteiger charge is -2.33. The molecule has 0 spiro atoms. The minimum Gasteiger partial charge on any atom is -0.422 e. The number of hydrogen-bond donors (Lipinski definition) is 0. The van der Waals surface area contributed by atoms with Gasteiger partial charge in [0.1, 0.15) is 29.5 Å². The molecule has 1 nitrogen and oxygen atoms in total. The minimum absolute atomic E-state index is 0.00212. The van der Waals surface area contributed by atoms with Gasteiger partial charge in [-0.1, -0.05) is 10.9 Å². The van der Waals surface area contributed by atoms with Gasteiger partial charge in [-0.3, -0.25) is 0 Å². The van der Waals surface area contributed by atoms with Crippen LogP contribution < -0.4 is 10.9 Å². The van der Waals surface area contributed by atoms with Gasteiger partial charge in [0.2, 0.25) is 0 Å². The number of benzene rings is 2. The Labute approximate surface area is 156 Å². The van der Waals surface area contributed by atoms with Gasteiger partial charge in [0.25, 0.3) is 0 Å². The molecule has 1 aliphatic heterocycles. The third-order valence-electron chi connectivity index (χ3n) is 4.94. The molecule has 0 saturated heterocycles. The Morgan fingerprint density at radius 2 is 0.897 bits per heavy atom. The Bertz CT molecular complexity index is 981. The second-order valence-corrected chi connectivity index (χ2v) is 6.46. The van der Waals surface area contributed by atoms with Crippen LogP contribution in [-0.2, 0) is 0 Å². The third-order valence-corrected chi connectivity index (χ3v) is 4.94. The molecule has 0 unspecified atom stereocenters. The molecule has 0 radical (unpaired) electrons. The number of nitrogens with zero attached hydrogens (tertiary/aromatic N) is 1. The van der Waals surface area contributed by atoms with E-state index in [-0.39, 0.29) is 6.42 Å². The van der Waals surface area contributed by atoms with Gasteiger partial charge in [-0.05, 0) is 6.08 Å². The lowest BCUT2D eigenvalue weighted by atomic mass is 9.28. The Morgan fingerprint density at radius 1 is 0.586 bits per heavy atom. The Hall–Kier alpha value is -2.79. The molecule has 3 rings (SSSR count). The molecule has 0 amide bonds. The molecule has 0 bridgehead atoms. The maximum atomic E-state index is 14.5. The van der Waals surface area contributed by atoms with Crippen LogP contribution in [0.3, 0.4) is 0 Å². The highest BCUT2D eigenvalue weighted by Gasteiger charge is 2.49. The Balaban J connectivity index is 2.56. The van der Waals surface area contributed by atoms with Crippen LogP contribution in [0.4, 0.5) is 43.9 Å². The van der Waals surface area contributed by atoms with Crippen molar-refractivity contribution in [2.24, 2.45) is 0 Å². The van der Waals surface area contributed by atoms with Crippen molar-refractivity contribution < 1.29 is 48.4 Å². The van der Waals surface area contributed by atoms with E-state index in [0.29, 0.717) is 11.3 Å². The zero-order chi connectivity index (χ0) is 21.8. The summed E-state index contributed by atoms with van der Waals surface area (Å²) in [5, 5.41) is 0. The number of halogens is 10. The van der Waals surface area contributed by atoms with E-state index >= 15 is 0 Å². The van der Waals surface area contributed by atoms with E-state index in [9.17, 15) is 43.9 Å². The van der Waals surface area contributed by atoms with Crippen molar-refractivity contribution in [2.75, 3.05) is 0 Å². The van der Waals surface area contributed by atoms with Crippen LogP contribution in [-0.4, -0.2) is 17.0 Å². The summed E-state index contributed by atoms with van der Waals surface area (Å²) in [6, 6.07) is 0. The number of allylic oxidation sites excluding steroid dienone is 1. The largest absolute Gasteiger partial charge is 0.422 e. The fraction of sp³-hybridized carbons (Fsp3) is 0.118. The molecule has 0 N–H and O–H groups in total. The van der Waals surface area contributed by atoms with Crippen LogP contribution >= 0.6 is 0 Å². The van der Waals surface area contributed by atoms with Gasteiger partial charge < -0.3 is 4.49 Å². The first-order valence-electron chi connectivity index (χ1n) is 7.97. The summed E-state index contributed by atoms with van der Waals surface area (Å²) in [7, 11) is 0. The molecule has 1 heterocycles. The molecular weight excluding hydrogens is 419 g/mol. The van der Waals surface area contributed by atoms with Crippen molar-refractivity contribution >= 4 is 23.4 Å². The lowest BCUT2D eigenvalue weighted by molar-refractivity contribution is -0.300. The van der Waals surface area contributed by atoms with E-state index in [1.165, 1.54) is 6.08 Å². The highest BCUT2D eigenvalue weighted by molar-refractivity contribution is 6.95. The van der Waals surface area contributed by atoms with Gasteiger partial charge >= 0.3 is 6.28 Å². The molecular formula is C17H8BF10N. The maximum absolute atomic E-state index is 14.5. The summed E-state index contributed by atoms with van der Waals surface area (Å²) in [6.45, 7) is 0.628. The average molecular weight is 427 g/mol. The van der Waals surface area contributed by atoms with Gasteiger partial charge in [0.15, 0.2) is 34.9 Å². The van der Waals surface area contributed by atoms with Gasteiger partial charge in [-0.25, -0.2) is 43.9 Å². The Kier molecular flexibility index (Phi) is 5.00. The van der Waals surface area contributed by atoms with Crippen molar-refractivity contribution in [2.45, 2.75) is 13.2 Å². The SMILES string of the molecule is C[B-](c1c(F)c(F)c(F)c(F)c1F)(c1c(F)c(F)c(F)c(F)c1F)[N+]1=CCC=C1. The van der Waals surface area contributed by atoms with Crippen LogP contribution in [0.2, 0.25) is 6.82 Å². The minimum atomic E-state index is -3.92. The van der Waals surface area contributed by atoms with E-state index in [0.717, 1.165) is 12.4 Å². The highest BCUT2D eigenvalue weighted by atomic mass is 19.2. The lowest BCUT2D eigenvalue weighted by Crippen LogP contribution is -2.67. The summed E-state index contributed by atoms with van der Waals surface area (Å²) in [6.07, 6.45) is -0.640. The van der Waals surface area contributed by atoms with Crippen molar-refractivity contribution in [1.82, 2.24) is 0 Å². The molecule has 2 aromatic carbocycles. The van der Waals surface area contributed by atoms with Crippen LogP contribution in [0.5, 0.6) is 0 Å². The third kappa shape index (κ3) is 2.76. The molecule has 0 aliphatic carbocycles. The van der Waals surface area contributed by atoms with Crippen molar-refractivity contribution in [1.29, 1.82) is 0 Å². The van der Waals surface area contributed by atoms with Crippen molar-refractivity contribution in [3.05, 3.63) is 70.4 Å². The first-order chi connectivity index (χ1) is 13.5. The fourth-order valence-corrected chi connectivity index (χ4v) is 3.48. The summed E-state index contributed by atoms with van der Waals surface area (Å²) in [5.41, 5.74) is -3.46. The maximum Gasteiger partial charge on any atom is 0.341 e. The summed E-state index contributed by atoms with van der Waals surface area (Å²) >= 11 is 0. The van der Waals surface area contributed by atoms with Crippen LogP contribution in [0.25, 0.3) is 0 Å². The van der Waals surface area contributed by atoms with Gasteiger partial charge in [-0.15, -0.1) is 6.82 Å². The van der Waals surface area contributed by atoms with E-state index in [1.54, 1.807) is 0 Å². The van der Waals surface area contributed by atoms with Gasteiger partial charge in [0.05, 0.1) is 6.21 Å². The van der Waals surface area contributed by atoms with E-state index < -0.39 is 75.4 Å². The molecule has 154 valence electrons. The molecule has 29 heavy (non-hydrogen) atoms. The van der Waals surface area contributed by atoms with Crippen LogP contribution in [0.15, 0.2) is 12.3 Å². The highest BCUT2D eigenvalue weighted by Crippen LogP contribution is 2.25. The van der Waals surface area contributed by atoms with E-state index in [1.807, 2.05) is 0 Å². The molecule has 12 heteroatoms. The van der Waals surface area contributed by atoms with Gasteiger partial charge in [0, 0.05) is 6.42 Å². The zero-order valence-corrected chi connectivity index (χ0v) is 14.2. The standard InChI is InChI=1S/C17H8BF10N/c1-18(29-4-2-3-5-29,6-8(19)12(23)16(27)13(24)9(6)20)7-10(21)14(25)17(28)15(26)11(7)22/h2,4-5H,3H2,1H3. The number of hydrogen-bond acceptors (Lipinski definition) is 0. The molecule has 0 aromatic heterocycles. The quantitative estimate of drug-likeness (QED) is 0.304. The van der Waals surface area contributed by atoms with E-state index in [4.69, 9.17) is 0 Å². The molecule has 1 aliphatic rings. The Morgan fingerprint density at radius 3 is 1.17 bits per heavy atom. The summed E-state index contributed by atoms with van der Waals surface area (Å²) < 4.78 is 141. The smallest absolute Gasteiger partial charge is 0.341 e. The predicted molar refractivity (Wildman–Crippen MR) is 83.4 cm³/mol. The van der Waals surface area contributed by atoms with Crippen LogP contribution in [0, 0.1) is 58.2 Å². The molecule has 2 aromatic rings. The molecule has 0 fully saturated rings. The van der Waals surface area contributed by atoms with E-state index in [2.05, 4.69) is 0 Å². The molecule has 0 saturated carbocycles.